The predicted molar refractivity (Wildman–Crippen MR) is 77.1 cm³/mol. The number of fused-ring (bicyclic) bond motifs is 2. The maximum atomic E-state index is 9.89. The van der Waals surface area contributed by atoms with Crippen LogP contribution >= 0.6 is 11.3 Å². The zero-order valence-electron chi connectivity index (χ0n) is 10.8. The number of aliphatic hydroxyl groups is 1. The molecule has 0 saturated heterocycles. The van der Waals surface area contributed by atoms with Crippen molar-refractivity contribution in [2.75, 3.05) is 0 Å². The minimum absolute atomic E-state index is 0.341. The van der Waals surface area contributed by atoms with E-state index < -0.39 is 0 Å². The monoisotopic (exact) mass is 286 g/mol. The van der Waals surface area contributed by atoms with Crippen molar-refractivity contribution >= 4 is 16.3 Å². The number of benzene rings is 1. The van der Waals surface area contributed by atoms with Gasteiger partial charge in [0.25, 0.3) is 0 Å². The summed E-state index contributed by atoms with van der Waals surface area (Å²) in [7, 11) is 0. The summed E-state index contributed by atoms with van der Waals surface area (Å²) >= 11 is 1.61. The molecule has 0 spiro atoms. The molecule has 1 unspecified atom stereocenters. The highest BCUT2D eigenvalue weighted by molar-refractivity contribution is 7.15. The van der Waals surface area contributed by atoms with E-state index in [1.54, 1.807) is 11.3 Å². The van der Waals surface area contributed by atoms with Gasteiger partial charge in [-0.25, -0.2) is 4.98 Å². The first-order valence-corrected chi connectivity index (χ1v) is 7.53. The summed E-state index contributed by atoms with van der Waals surface area (Å²) in [5.74, 6) is 0.871. The molecule has 2 heterocycles. The molecule has 0 radical (unpaired) electrons. The summed E-state index contributed by atoms with van der Waals surface area (Å²) in [5.41, 5.74) is 3.07. The van der Waals surface area contributed by atoms with Gasteiger partial charge in [0, 0.05) is 23.3 Å². The number of thiazole rings is 1. The van der Waals surface area contributed by atoms with Gasteiger partial charge >= 0.3 is 0 Å². The van der Waals surface area contributed by atoms with E-state index in [-0.39, 0.29) is 6.10 Å². The highest BCUT2D eigenvalue weighted by atomic mass is 32.1. The van der Waals surface area contributed by atoms with Gasteiger partial charge in [0.2, 0.25) is 0 Å². The predicted octanol–water partition coefficient (Wildman–Crippen LogP) is 2.95. The van der Waals surface area contributed by atoms with Crippen molar-refractivity contribution in [2.45, 2.75) is 25.6 Å². The molecule has 0 saturated carbocycles. The van der Waals surface area contributed by atoms with Crippen LogP contribution in [0, 0.1) is 0 Å². The van der Waals surface area contributed by atoms with Gasteiger partial charge < -0.3 is 9.84 Å². The number of imidazole rings is 1. The third-order valence-electron chi connectivity index (χ3n) is 3.71. The van der Waals surface area contributed by atoms with Crippen LogP contribution in [0.25, 0.3) is 4.96 Å². The van der Waals surface area contributed by atoms with Gasteiger partial charge in [-0.2, -0.15) is 0 Å². The summed E-state index contributed by atoms with van der Waals surface area (Å²) in [4.78, 5) is 5.49. The van der Waals surface area contributed by atoms with Crippen LogP contribution in [0.5, 0.6) is 5.75 Å². The lowest BCUT2D eigenvalue weighted by Crippen LogP contribution is -1.99. The van der Waals surface area contributed by atoms with E-state index in [0.717, 1.165) is 40.4 Å². The van der Waals surface area contributed by atoms with Crippen molar-refractivity contribution < 1.29 is 9.84 Å². The van der Waals surface area contributed by atoms with Gasteiger partial charge in [-0.15, -0.1) is 11.3 Å². The highest BCUT2D eigenvalue weighted by Gasteiger charge is 2.23. The van der Waals surface area contributed by atoms with Crippen LogP contribution in [0.3, 0.4) is 0 Å². The zero-order chi connectivity index (χ0) is 13.5. The number of hydrogen-bond donors (Lipinski definition) is 1. The molecule has 102 valence electrons. The number of aliphatic hydroxyl groups excluding tert-OH is 1. The molecule has 20 heavy (non-hydrogen) atoms. The highest BCUT2D eigenvalue weighted by Crippen LogP contribution is 2.36. The topological polar surface area (TPSA) is 46.8 Å². The third-order valence-corrected chi connectivity index (χ3v) is 4.49. The number of rotatable bonds is 3. The molecule has 4 nitrogen and oxygen atoms in total. The molecule has 3 aromatic rings. The first-order chi connectivity index (χ1) is 9.81. The van der Waals surface area contributed by atoms with Crippen LogP contribution in [-0.4, -0.2) is 14.5 Å². The molecular weight excluding hydrogens is 272 g/mol. The molecule has 1 aliphatic carbocycles. The molecule has 0 amide bonds. The lowest BCUT2D eigenvalue weighted by molar-refractivity contribution is 0.180. The van der Waals surface area contributed by atoms with Crippen LogP contribution in [0.1, 0.15) is 29.3 Å². The fraction of sp³-hybridized carbons (Fsp3) is 0.267. The average molecular weight is 286 g/mol. The molecule has 1 aliphatic rings. The van der Waals surface area contributed by atoms with E-state index in [0.29, 0.717) is 6.61 Å². The van der Waals surface area contributed by atoms with Crippen LogP contribution in [0.2, 0.25) is 0 Å². The average Bonchev–Trinajstić information content (AvgIpc) is 3.11. The van der Waals surface area contributed by atoms with E-state index in [4.69, 9.17) is 4.74 Å². The normalized spacial score (nSPS) is 17.6. The second-order valence-corrected chi connectivity index (χ2v) is 5.87. The lowest BCUT2D eigenvalue weighted by atomic mass is 10.1. The maximum absolute atomic E-state index is 9.89. The SMILES string of the molecule is OC1CCc2c(OCc3cn4ccsc4n3)cccc21. The smallest absolute Gasteiger partial charge is 0.193 e. The standard InChI is InChI=1S/C15H14N2O2S/c18-13-5-4-12-11(13)2-1-3-14(12)19-9-10-8-17-6-7-20-15(17)16-10/h1-3,6-8,13,18H,4-5,9H2. The number of hydrogen-bond acceptors (Lipinski definition) is 4. The molecule has 2 aromatic heterocycles. The Balaban J connectivity index is 1.56. The van der Waals surface area contributed by atoms with Crippen LogP contribution in [0.15, 0.2) is 36.0 Å². The molecule has 5 heteroatoms. The van der Waals surface area contributed by atoms with Gasteiger partial charge in [0.1, 0.15) is 12.4 Å². The lowest BCUT2D eigenvalue weighted by Gasteiger charge is -2.10. The molecule has 0 fully saturated rings. The first kappa shape index (κ1) is 11.9. The number of ether oxygens (including phenoxy) is 1. The van der Waals surface area contributed by atoms with Gasteiger partial charge in [-0.1, -0.05) is 12.1 Å². The fourth-order valence-electron chi connectivity index (χ4n) is 2.73. The molecular formula is C15H14N2O2S. The van der Waals surface area contributed by atoms with E-state index >= 15 is 0 Å². The molecule has 0 aliphatic heterocycles. The van der Waals surface area contributed by atoms with E-state index in [1.165, 1.54) is 0 Å². The summed E-state index contributed by atoms with van der Waals surface area (Å²) in [6.45, 7) is 0.459. The second kappa shape index (κ2) is 4.61. The number of aromatic nitrogens is 2. The van der Waals surface area contributed by atoms with Crippen LogP contribution in [0.4, 0.5) is 0 Å². The van der Waals surface area contributed by atoms with Crippen molar-refractivity contribution in [3.05, 3.63) is 52.8 Å². The Bertz CT molecular complexity index is 734. The van der Waals surface area contributed by atoms with E-state index in [2.05, 4.69) is 4.98 Å². The summed E-state index contributed by atoms with van der Waals surface area (Å²) in [6, 6.07) is 5.89. The van der Waals surface area contributed by atoms with Crippen molar-refractivity contribution in [3.63, 3.8) is 0 Å². The summed E-state index contributed by atoms with van der Waals surface area (Å²) in [5, 5.41) is 11.9. The van der Waals surface area contributed by atoms with Crippen molar-refractivity contribution in [1.29, 1.82) is 0 Å². The minimum atomic E-state index is -0.341. The summed E-state index contributed by atoms with van der Waals surface area (Å²) in [6.07, 6.45) is 5.31. The Kier molecular flexibility index (Phi) is 2.75. The molecule has 1 atom stereocenters. The van der Waals surface area contributed by atoms with Gasteiger partial charge in [0.15, 0.2) is 4.96 Å². The Morgan fingerprint density at radius 1 is 1.45 bits per heavy atom. The Labute approximate surface area is 120 Å². The van der Waals surface area contributed by atoms with Crippen LogP contribution < -0.4 is 4.74 Å². The van der Waals surface area contributed by atoms with Gasteiger partial charge in [0.05, 0.1) is 11.8 Å². The number of nitrogens with zero attached hydrogens (tertiary/aromatic N) is 2. The Hall–Kier alpha value is -1.85. The third kappa shape index (κ3) is 1.90. The van der Waals surface area contributed by atoms with Crippen LogP contribution in [-0.2, 0) is 13.0 Å². The van der Waals surface area contributed by atoms with Crippen molar-refractivity contribution in [2.24, 2.45) is 0 Å². The van der Waals surface area contributed by atoms with Gasteiger partial charge in [-0.05, 0) is 24.5 Å². The molecule has 1 aromatic carbocycles. The molecule has 4 rings (SSSR count). The fourth-order valence-corrected chi connectivity index (χ4v) is 3.45. The Morgan fingerprint density at radius 3 is 3.30 bits per heavy atom. The quantitative estimate of drug-likeness (QED) is 0.805. The minimum Gasteiger partial charge on any atom is -0.487 e. The largest absolute Gasteiger partial charge is 0.487 e. The molecule has 1 N–H and O–H groups in total. The van der Waals surface area contributed by atoms with Crippen molar-refractivity contribution in [3.8, 4) is 5.75 Å². The van der Waals surface area contributed by atoms with E-state index in [1.807, 2.05) is 40.4 Å². The van der Waals surface area contributed by atoms with Gasteiger partial charge in [-0.3, -0.25) is 4.40 Å². The summed E-state index contributed by atoms with van der Waals surface area (Å²) < 4.78 is 7.90. The Morgan fingerprint density at radius 2 is 2.40 bits per heavy atom. The van der Waals surface area contributed by atoms with E-state index in [9.17, 15) is 5.11 Å². The zero-order valence-corrected chi connectivity index (χ0v) is 11.6. The second-order valence-electron chi connectivity index (χ2n) is 4.99. The molecule has 0 bridgehead atoms. The van der Waals surface area contributed by atoms with Crippen molar-refractivity contribution in [1.82, 2.24) is 9.38 Å². The maximum Gasteiger partial charge on any atom is 0.193 e. The first-order valence-electron chi connectivity index (χ1n) is 6.65.